The summed E-state index contributed by atoms with van der Waals surface area (Å²) in [5.74, 6) is -0.706. The first-order chi connectivity index (χ1) is 9.52. The Morgan fingerprint density at radius 1 is 1.35 bits per heavy atom. The first-order valence-electron chi connectivity index (χ1n) is 5.86. The number of esters is 1. The van der Waals surface area contributed by atoms with Gasteiger partial charge in [0, 0.05) is 16.4 Å². The number of aromatic amines is 1. The molecule has 0 fully saturated rings. The SMILES string of the molecule is COC(=O)c1cccc(NC(=O)c2cc(Br)c[nH]2)c1C. The number of hydrogen-bond donors (Lipinski definition) is 2. The van der Waals surface area contributed by atoms with Crippen molar-refractivity contribution in [3.8, 4) is 0 Å². The number of halogens is 1. The number of anilines is 1. The van der Waals surface area contributed by atoms with E-state index in [0.717, 1.165) is 4.47 Å². The number of carbonyl (C=O) groups excluding carboxylic acids is 2. The van der Waals surface area contributed by atoms with Crippen molar-refractivity contribution in [2.24, 2.45) is 0 Å². The van der Waals surface area contributed by atoms with Crippen LogP contribution >= 0.6 is 15.9 Å². The Morgan fingerprint density at radius 3 is 2.70 bits per heavy atom. The summed E-state index contributed by atoms with van der Waals surface area (Å²) in [6.07, 6.45) is 1.67. The van der Waals surface area contributed by atoms with Crippen molar-refractivity contribution in [2.45, 2.75) is 6.92 Å². The molecule has 0 saturated carbocycles. The molecular weight excluding hydrogens is 324 g/mol. The van der Waals surface area contributed by atoms with E-state index in [4.69, 9.17) is 4.74 Å². The van der Waals surface area contributed by atoms with Gasteiger partial charge in [0.25, 0.3) is 5.91 Å². The van der Waals surface area contributed by atoms with E-state index < -0.39 is 5.97 Å². The number of nitrogens with one attached hydrogen (secondary N) is 2. The summed E-state index contributed by atoms with van der Waals surface area (Å²) in [6.45, 7) is 1.76. The number of benzene rings is 1. The number of amides is 1. The lowest BCUT2D eigenvalue weighted by Crippen LogP contribution is -2.14. The molecule has 2 N–H and O–H groups in total. The van der Waals surface area contributed by atoms with E-state index in [1.165, 1.54) is 7.11 Å². The molecule has 0 radical (unpaired) electrons. The van der Waals surface area contributed by atoms with Gasteiger partial charge in [0.2, 0.25) is 0 Å². The monoisotopic (exact) mass is 336 g/mol. The highest BCUT2D eigenvalue weighted by Gasteiger charge is 2.14. The Hall–Kier alpha value is -2.08. The quantitative estimate of drug-likeness (QED) is 0.846. The molecule has 1 aromatic heterocycles. The second-order valence-electron chi connectivity index (χ2n) is 4.16. The normalized spacial score (nSPS) is 10.2. The lowest BCUT2D eigenvalue weighted by Gasteiger charge is -2.10. The molecular formula is C14H13BrN2O3. The molecule has 0 spiro atoms. The van der Waals surface area contributed by atoms with Crippen molar-refractivity contribution in [3.63, 3.8) is 0 Å². The van der Waals surface area contributed by atoms with E-state index in [2.05, 4.69) is 26.2 Å². The van der Waals surface area contributed by atoms with Crippen LogP contribution in [0.25, 0.3) is 0 Å². The predicted molar refractivity (Wildman–Crippen MR) is 79.0 cm³/mol. The van der Waals surface area contributed by atoms with Gasteiger partial charge in [-0.3, -0.25) is 4.79 Å². The van der Waals surface area contributed by atoms with E-state index >= 15 is 0 Å². The first kappa shape index (κ1) is 14.3. The van der Waals surface area contributed by atoms with Gasteiger partial charge in [-0.1, -0.05) is 6.07 Å². The second kappa shape index (κ2) is 5.92. The van der Waals surface area contributed by atoms with E-state index in [1.807, 2.05) is 0 Å². The standard InChI is InChI=1S/C14H13BrN2O3/c1-8-10(14(19)20-2)4-3-5-11(8)17-13(18)12-6-9(15)7-16-12/h3-7,16H,1-2H3,(H,17,18). The maximum absolute atomic E-state index is 12.1. The Morgan fingerprint density at radius 2 is 2.10 bits per heavy atom. The number of ether oxygens (including phenoxy) is 1. The summed E-state index contributed by atoms with van der Waals surface area (Å²) in [4.78, 5) is 26.5. The highest BCUT2D eigenvalue weighted by atomic mass is 79.9. The average Bonchev–Trinajstić information content (AvgIpc) is 2.87. The maximum atomic E-state index is 12.1. The van der Waals surface area contributed by atoms with Gasteiger partial charge in [0.1, 0.15) is 5.69 Å². The number of H-pyrrole nitrogens is 1. The van der Waals surface area contributed by atoms with Crippen LogP contribution < -0.4 is 5.32 Å². The summed E-state index contributed by atoms with van der Waals surface area (Å²) in [5, 5.41) is 2.76. The summed E-state index contributed by atoms with van der Waals surface area (Å²) in [7, 11) is 1.32. The summed E-state index contributed by atoms with van der Waals surface area (Å²) >= 11 is 3.27. The van der Waals surface area contributed by atoms with E-state index in [1.54, 1.807) is 37.4 Å². The van der Waals surface area contributed by atoms with Gasteiger partial charge in [-0.05, 0) is 46.6 Å². The van der Waals surface area contributed by atoms with Crippen molar-refractivity contribution < 1.29 is 14.3 Å². The third kappa shape index (κ3) is 2.91. The highest BCUT2D eigenvalue weighted by Crippen LogP contribution is 2.21. The molecule has 0 aliphatic heterocycles. The molecule has 0 saturated heterocycles. The number of hydrogen-bond acceptors (Lipinski definition) is 3. The fraction of sp³-hybridized carbons (Fsp3) is 0.143. The number of methoxy groups -OCH3 is 1. The maximum Gasteiger partial charge on any atom is 0.338 e. The second-order valence-corrected chi connectivity index (χ2v) is 5.07. The zero-order chi connectivity index (χ0) is 14.7. The van der Waals surface area contributed by atoms with Crippen LogP contribution in [0.5, 0.6) is 0 Å². The van der Waals surface area contributed by atoms with Gasteiger partial charge >= 0.3 is 5.97 Å². The van der Waals surface area contributed by atoms with Gasteiger partial charge < -0.3 is 15.0 Å². The molecule has 2 aromatic rings. The van der Waals surface area contributed by atoms with E-state index in [-0.39, 0.29) is 5.91 Å². The Labute approximate surface area is 124 Å². The lowest BCUT2D eigenvalue weighted by molar-refractivity contribution is 0.0599. The van der Waals surface area contributed by atoms with Crippen LogP contribution in [-0.4, -0.2) is 24.0 Å². The number of aromatic nitrogens is 1. The summed E-state index contributed by atoms with van der Waals surface area (Å²) in [6, 6.07) is 6.76. The molecule has 0 unspecified atom stereocenters. The van der Waals surface area contributed by atoms with Crippen molar-refractivity contribution in [2.75, 3.05) is 12.4 Å². The molecule has 0 bridgehead atoms. The van der Waals surface area contributed by atoms with Crippen molar-refractivity contribution in [3.05, 3.63) is 51.8 Å². The minimum absolute atomic E-state index is 0.277. The highest BCUT2D eigenvalue weighted by molar-refractivity contribution is 9.10. The fourth-order valence-electron chi connectivity index (χ4n) is 1.79. The molecule has 1 aromatic carbocycles. The number of carbonyl (C=O) groups is 2. The molecule has 0 atom stereocenters. The van der Waals surface area contributed by atoms with E-state index in [9.17, 15) is 9.59 Å². The summed E-state index contributed by atoms with van der Waals surface area (Å²) in [5.41, 5.74) is 2.10. The predicted octanol–water partition coefficient (Wildman–Crippen LogP) is 3.12. The van der Waals surface area contributed by atoms with Crippen LogP contribution in [0.4, 0.5) is 5.69 Å². The molecule has 0 aliphatic carbocycles. The Bertz CT molecular complexity index is 664. The topological polar surface area (TPSA) is 71.2 Å². The smallest absolute Gasteiger partial charge is 0.338 e. The molecule has 1 amide bonds. The summed E-state index contributed by atoms with van der Waals surface area (Å²) < 4.78 is 5.50. The Balaban J connectivity index is 2.26. The fourth-order valence-corrected chi connectivity index (χ4v) is 2.13. The minimum atomic E-state index is -0.429. The van der Waals surface area contributed by atoms with Crippen LogP contribution in [-0.2, 0) is 4.74 Å². The molecule has 2 rings (SSSR count). The molecule has 1 heterocycles. The van der Waals surface area contributed by atoms with Crippen LogP contribution in [0.15, 0.2) is 34.9 Å². The molecule has 6 heteroatoms. The van der Waals surface area contributed by atoms with Gasteiger partial charge in [-0.15, -0.1) is 0 Å². The van der Waals surface area contributed by atoms with Crippen molar-refractivity contribution in [1.82, 2.24) is 4.98 Å². The van der Waals surface area contributed by atoms with E-state index in [0.29, 0.717) is 22.5 Å². The molecule has 0 aliphatic rings. The Kier molecular flexibility index (Phi) is 4.24. The van der Waals surface area contributed by atoms with Crippen LogP contribution in [0.1, 0.15) is 26.4 Å². The van der Waals surface area contributed by atoms with Gasteiger partial charge in [0.15, 0.2) is 0 Å². The third-order valence-electron chi connectivity index (χ3n) is 2.88. The van der Waals surface area contributed by atoms with Crippen molar-refractivity contribution in [1.29, 1.82) is 0 Å². The van der Waals surface area contributed by atoms with Gasteiger partial charge in [-0.2, -0.15) is 0 Å². The van der Waals surface area contributed by atoms with Crippen molar-refractivity contribution >= 4 is 33.5 Å². The largest absolute Gasteiger partial charge is 0.465 e. The van der Waals surface area contributed by atoms with Gasteiger partial charge in [0.05, 0.1) is 12.7 Å². The van der Waals surface area contributed by atoms with Crippen LogP contribution in [0.2, 0.25) is 0 Å². The number of rotatable bonds is 3. The molecule has 104 valence electrons. The average molecular weight is 337 g/mol. The third-order valence-corrected chi connectivity index (χ3v) is 3.34. The van der Waals surface area contributed by atoms with Gasteiger partial charge in [-0.25, -0.2) is 4.79 Å². The zero-order valence-electron chi connectivity index (χ0n) is 11.0. The lowest BCUT2D eigenvalue weighted by atomic mass is 10.1. The zero-order valence-corrected chi connectivity index (χ0v) is 12.6. The minimum Gasteiger partial charge on any atom is -0.465 e. The van der Waals surface area contributed by atoms with Crippen LogP contribution in [0.3, 0.4) is 0 Å². The molecule has 5 nitrogen and oxygen atoms in total. The first-order valence-corrected chi connectivity index (χ1v) is 6.65. The van der Waals surface area contributed by atoms with Crippen LogP contribution in [0, 0.1) is 6.92 Å². The molecule has 20 heavy (non-hydrogen) atoms.